The predicted octanol–water partition coefficient (Wildman–Crippen LogP) is 1.96. The Balaban J connectivity index is 3.07. The van der Waals surface area contributed by atoms with E-state index in [9.17, 15) is 0 Å². The summed E-state index contributed by atoms with van der Waals surface area (Å²) in [6, 6.07) is 0. The lowest BCUT2D eigenvalue weighted by atomic mass is 10.1. The molecule has 0 aliphatic rings. The van der Waals surface area contributed by atoms with Gasteiger partial charge in [-0.2, -0.15) is 0 Å². The van der Waals surface area contributed by atoms with E-state index < -0.39 is 0 Å². The van der Waals surface area contributed by atoms with Gasteiger partial charge in [-0.1, -0.05) is 19.8 Å². The van der Waals surface area contributed by atoms with Gasteiger partial charge in [0.1, 0.15) is 0 Å². The quantitative estimate of drug-likeness (QED) is 0.577. The summed E-state index contributed by atoms with van der Waals surface area (Å²) in [7, 11) is 1.76. The van der Waals surface area contributed by atoms with Crippen molar-refractivity contribution in [1.29, 1.82) is 0 Å². The molecule has 68 valence electrons. The minimum absolute atomic E-state index is 0.323. The van der Waals surface area contributed by atoms with Crippen LogP contribution in [0.2, 0.25) is 0 Å². The summed E-state index contributed by atoms with van der Waals surface area (Å²) < 4.78 is 5.22. The highest BCUT2D eigenvalue weighted by atomic mass is 16.5. The van der Waals surface area contributed by atoms with Crippen molar-refractivity contribution in [2.45, 2.75) is 45.1 Å². The maximum atomic E-state index is 8.51. The van der Waals surface area contributed by atoms with E-state index in [1.807, 2.05) is 0 Å². The summed E-state index contributed by atoms with van der Waals surface area (Å²) >= 11 is 0. The molecule has 0 bridgehead atoms. The van der Waals surface area contributed by atoms with Crippen LogP contribution in [0.15, 0.2) is 0 Å². The SMILES string of the molecule is CCC(CCCCCO)OC. The van der Waals surface area contributed by atoms with Crippen molar-refractivity contribution in [3.05, 3.63) is 0 Å². The molecule has 0 aromatic carbocycles. The summed E-state index contributed by atoms with van der Waals surface area (Å²) in [5, 5.41) is 8.51. The third kappa shape index (κ3) is 6.32. The third-order valence-electron chi connectivity index (χ3n) is 1.97. The van der Waals surface area contributed by atoms with Gasteiger partial charge in [0.15, 0.2) is 0 Å². The number of hydrogen-bond acceptors (Lipinski definition) is 2. The van der Waals surface area contributed by atoms with E-state index in [2.05, 4.69) is 6.92 Å². The molecule has 0 heterocycles. The number of hydrogen-bond donors (Lipinski definition) is 1. The minimum atomic E-state index is 0.323. The number of unbranched alkanes of at least 4 members (excludes halogenated alkanes) is 2. The van der Waals surface area contributed by atoms with Crippen LogP contribution in [0.25, 0.3) is 0 Å². The molecule has 0 amide bonds. The van der Waals surface area contributed by atoms with Crippen LogP contribution in [0.5, 0.6) is 0 Å². The second-order valence-corrected chi connectivity index (χ2v) is 2.84. The van der Waals surface area contributed by atoms with Crippen LogP contribution in [0.1, 0.15) is 39.0 Å². The molecule has 0 aromatic heterocycles. The fraction of sp³-hybridized carbons (Fsp3) is 1.00. The standard InChI is InChI=1S/C9H20O2/c1-3-9(11-2)7-5-4-6-8-10/h9-10H,3-8H2,1-2H3. The highest BCUT2D eigenvalue weighted by Crippen LogP contribution is 2.08. The smallest absolute Gasteiger partial charge is 0.0568 e. The number of ether oxygens (including phenoxy) is 1. The van der Waals surface area contributed by atoms with Crippen molar-refractivity contribution in [3.8, 4) is 0 Å². The molecule has 11 heavy (non-hydrogen) atoms. The average Bonchev–Trinajstić information content (AvgIpc) is 2.05. The first kappa shape index (κ1) is 10.9. The molecule has 0 aliphatic carbocycles. The van der Waals surface area contributed by atoms with Gasteiger partial charge in [0.25, 0.3) is 0 Å². The minimum Gasteiger partial charge on any atom is -0.396 e. The molecular weight excluding hydrogens is 140 g/mol. The van der Waals surface area contributed by atoms with Crippen molar-refractivity contribution >= 4 is 0 Å². The molecule has 2 heteroatoms. The van der Waals surface area contributed by atoms with Gasteiger partial charge in [-0.3, -0.25) is 0 Å². The van der Waals surface area contributed by atoms with Crippen LogP contribution in [0.3, 0.4) is 0 Å². The normalized spacial score (nSPS) is 13.4. The van der Waals surface area contributed by atoms with Crippen molar-refractivity contribution in [3.63, 3.8) is 0 Å². The van der Waals surface area contributed by atoms with Crippen molar-refractivity contribution in [2.24, 2.45) is 0 Å². The zero-order chi connectivity index (χ0) is 8.53. The first-order chi connectivity index (χ1) is 5.35. The van der Waals surface area contributed by atoms with Crippen LogP contribution < -0.4 is 0 Å². The van der Waals surface area contributed by atoms with E-state index in [-0.39, 0.29) is 0 Å². The van der Waals surface area contributed by atoms with Gasteiger partial charge in [0, 0.05) is 13.7 Å². The first-order valence-corrected chi connectivity index (χ1v) is 4.48. The number of aliphatic hydroxyl groups is 1. The van der Waals surface area contributed by atoms with Crippen LogP contribution in [0, 0.1) is 0 Å². The van der Waals surface area contributed by atoms with Gasteiger partial charge >= 0.3 is 0 Å². The van der Waals surface area contributed by atoms with E-state index in [4.69, 9.17) is 9.84 Å². The molecule has 0 saturated carbocycles. The van der Waals surface area contributed by atoms with Crippen molar-refractivity contribution in [2.75, 3.05) is 13.7 Å². The summed E-state index contributed by atoms with van der Waals surface area (Å²) in [6.07, 6.45) is 5.88. The van der Waals surface area contributed by atoms with Crippen molar-refractivity contribution in [1.82, 2.24) is 0 Å². The fourth-order valence-corrected chi connectivity index (χ4v) is 1.15. The Morgan fingerprint density at radius 2 is 2.00 bits per heavy atom. The maximum absolute atomic E-state index is 8.51. The molecule has 0 spiro atoms. The van der Waals surface area contributed by atoms with E-state index in [1.54, 1.807) is 7.11 Å². The molecular formula is C9H20O2. The molecule has 0 aliphatic heterocycles. The van der Waals surface area contributed by atoms with Gasteiger partial charge in [-0.15, -0.1) is 0 Å². The Hall–Kier alpha value is -0.0800. The zero-order valence-corrected chi connectivity index (χ0v) is 7.68. The van der Waals surface area contributed by atoms with Crippen LogP contribution >= 0.6 is 0 Å². The third-order valence-corrected chi connectivity index (χ3v) is 1.97. The molecule has 1 unspecified atom stereocenters. The molecule has 2 nitrogen and oxygen atoms in total. The van der Waals surface area contributed by atoms with Gasteiger partial charge in [-0.05, 0) is 19.3 Å². The summed E-state index contributed by atoms with van der Waals surface area (Å²) in [5.41, 5.74) is 0. The Kier molecular flexibility index (Phi) is 7.96. The Morgan fingerprint density at radius 3 is 2.45 bits per heavy atom. The molecule has 1 atom stereocenters. The van der Waals surface area contributed by atoms with Crippen LogP contribution in [-0.2, 0) is 4.74 Å². The largest absolute Gasteiger partial charge is 0.396 e. The lowest BCUT2D eigenvalue weighted by Crippen LogP contribution is -2.08. The second-order valence-electron chi connectivity index (χ2n) is 2.84. The van der Waals surface area contributed by atoms with Gasteiger partial charge < -0.3 is 9.84 Å². The van der Waals surface area contributed by atoms with Crippen molar-refractivity contribution < 1.29 is 9.84 Å². The number of methoxy groups -OCH3 is 1. The molecule has 0 saturated heterocycles. The Bertz CT molecular complexity index is 70.0. The molecule has 0 radical (unpaired) electrons. The number of aliphatic hydroxyl groups excluding tert-OH is 1. The van der Waals surface area contributed by atoms with Gasteiger partial charge in [-0.25, -0.2) is 0 Å². The maximum Gasteiger partial charge on any atom is 0.0568 e. The lowest BCUT2D eigenvalue weighted by molar-refractivity contribution is 0.0893. The van der Waals surface area contributed by atoms with E-state index >= 15 is 0 Å². The zero-order valence-electron chi connectivity index (χ0n) is 7.68. The first-order valence-electron chi connectivity index (χ1n) is 4.48. The number of rotatable bonds is 7. The second kappa shape index (κ2) is 8.02. The monoisotopic (exact) mass is 160 g/mol. The fourth-order valence-electron chi connectivity index (χ4n) is 1.15. The molecule has 0 rings (SSSR count). The highest BCUT2D eigenvalue weighted by Gasteiger charge is 2.02. The molecule has 0 aromatic rings. The molecule has 0 fully saturated rings. The van der Waals surface area contributed by atoms with E-state index in [0.29, 0.717) is 12.7 Å². The van der Waals surface area contributed by atoms with Gasteiger partial charge in [0.2, 0.25) is 0 Å². The topological polar surface area (TPSA) is 29.5 Å². The van der Waals surface area contributed by atoms with Crippen LogP contribution in [0.4, 0.5) is 0 Å². The van der Waals surface area contributed by atoms with E-state index in [0.717, 1.165) is 25.7 Å². The van der Waals surface area contributed by atoms with E-state index in [1.165, 1.54) is 6.42 Å². The Morgan fingerprint density at radius 1 is 1.27 bits per heavy atom. The van der Waals surface area contributed by atoms with Crippen LogP contribution in [-0.4, -0.2) is 24.9 Å². The summed E-state index contributed by atoms with van der Waals surface area (Å²) in [6.45, 7) is 2.46. The Labute approximate surface area is 69.6 Å². The summed E-state index contributed by atoms with van der Waals surface area (Å²) in [5.74, 6) is 0. The lowest BCUT2D eigenvalue weighted by Gasteiger charge is -2.11. The average molecular weight is 160 g/mol. The van der Waals surface area contributed by atoms with Gasteiger partial charge in [0.05, 0.1) is 6.10 Å². The summed E-state index contributed by atoms with van der Waals surface area (Å²) in [4.78, 5) is 0. The predicted molar refractivity (Wildman–Crippen MR) is 46.6 cm³/mol. The molecule has 1 N–H and O–H groups in total. The highest BCUT2D eigenvalue weighted by molar-refractivity contribution is 4.54.